The second-order valence-corrected chi connectivity index (χ2v) is 9.84. The molecule has 2 N–H and O–H groups in total. The number of aryl methyl sites for hydroxylation is 2. The Kier molecular flexibility index (Phi) is 6.02. The first kappa shape index (κ1) is 23.8. The van der Waals surface area contributed by atoms with Crippen molar-refractivity contribution in [1.82, 2.24) is 24.2 Å². The van der Waals surface area contributed by atoms with Gasteiger partial charge in [-0.15, -0.1) is 0 Å². The zero-order valence-corrected chi connectivity index (χ0v) is 20.8. The summed E-state index contributed by atoms with van der Waals surface area (Å²) in [6.07, 6.45) is 8.12. The van der Waals surface area contributed by atoms with Gasteiger partial charge in [0.2, 0.25) is 5.95 Å². The van der Waals surface area contributed by atoms with Crippen LogP contribution in [0.1, 0.15) is 41.3 Å². The molecule has 1 aliphatic carbocycles. The molecule has 1 saturated heterocycles. The van der Waals surface area contributed by atoms with E-state index in [0.717, 1.165) is 58.9 Å². The lowest BCUT2D eigenvalue weighted by molar-refractivity contribution is -0.118. The maximum atomic E-state index is 14.8. The van der Waals surface area contributed by atoms with Gasteiger partial charge in [-0.2, -0.15) is 10.0 Å². The van der Waals surface area contributed by atoms with E-state index in [-0.39, 0.29) is 30.1 Å². The average molecular weight is 505 g/mol. The van der Waals surface area contributed by atoms with Gasteiger partial charge >= 0.3 is 0 Å². The summed E-state index contributed by atoms with van der Waals surface area (Å²) in [5.74, 6) is 0.152. The monoisotopic (exact) mass is 504 g/mol. The highest BCUT2D eigenvalue weighted by Crippen LogP contribution is 2.36. The largest absolute Gasteiger partial charge is 0.389 e. The molecule has 37 heavy (non-hydrogen) atoms. The third-order valence-electron chi connectivity index (χ3n) is 7.01. The summed E-state index contributed by atoms with van der Waals surface area (Å²) in [7, 11) is 0. The molecule has 0 radical (unpaired) electrons. The van der Waals surface area contributed by atoms with Crippen molar-refractivity contribution in [3.8, 4) is 5.82 Å². The Hall–Kier alpha value is -3.60. The van der Waals surface area contributed by atoms with Crippen molar-refractivity contribution in [3.05, 3.63) is 65.5 Å². The smallest absolute Gasteiger partial charge is 0.229 e. The van der Waals surface area contributed by atoms with E-state index in [1.54, 1.807) is 9.63 Å². The molecule has 0 spiro atoms. The van der Waals surface area contributed by atoms with E-state index in [4.69, 9.17) is 4.84 Å². The Bertz CT molecular complexity index is 1490. The number of carbonyl (C=O) groups excluding carboxylic acids is 1. The highest BCUT2D eigenvalue weighted by Gasteiger charge is 2.32. The predicted octanol–water partition coefficient (Wildman–Crippen LogP) is 4.13. The molecule has 192 valence electrons. The van der Waals surface area contributed by atoms with Crippen LogP contribution in [0.4, 0.5) is 16.0 Å². The molecule has 0 amide bonds. The first-order valence-electron chi connectivity index (χ1n) is 12.6. The Labute approximate surface area is 213 Å². The lowest BCUT2D eigenvalue weighted by Gasteiger charge is -2.12. The van der Waals surface area contributed by atoms with E-state index in [0.29, 0.717) is 13.1 Å². The van der Waals surface area contributed by atoms with E-state index >= 15 is 0 Å². The van der Waals surface area contributed by atoms with Gasteiger partial charge in [0.25, 0.3) is 0 Å². The minimum Gasteiger partial charge on any atom is -0.389 e. The minimum absolute atomic E-state index is 0.122. The van der Waals surface area contributed by atoms with Crippen LogP contribution < -0.4 is 5.32 Å². The third kappa shape index (κ3) is 4.63. The number of benzene rings is 1. The Morgan fingerprint density at radius 3 is 2.84 bits per heavy atom. The molecule has 10 heteroatoms. The number of β-amino-alcohol motifs (C(OH)–C–C–N with tert-alkyl or cyclic N) is 1. The van der Waals surface area contributed by atoms with Crippen molar-refractivity contribution in [2.75, 3.05) is 18.5 Å². The number of hydrogen-bond acceptors (Lipinski definition) is 7. The minimum atomic E-state index is -0.548. The first-order valence-corrected chi connectivity index (χ1v) is 12.6. The number of hydrogen-bond donors (Lipinski definition) is 2. The zero-order valence-electron chi connectivity index (χ0n) is 20.8. The van der Waals surface area contributed by atoms with Gasteiger partial charge in [0.1, 0.15) is 0 Å². The molecule has 1 aromatic carbocycles. The fourth-order valence-corrected chi connectivity index (χ4v) is 4.85. The second-order valence-electron chi connectivity index (χ2n) is 9.84. The Morgan fingerprint density at radius 1 is 1.27 bits per heavy atom. The van der Waals surface area contributed by atoms with E-state index in [9.17, 15) is 14.3 Å². The zero-order chi connectivity index (χ0) is 25.7. The molecule has 1 unspecified atom stereocenters. The number of aliphatic hydroxyl groups excluding tert-OH is 1. The SMILES string of the molecule is CCn1cc(C(=O)C2CC2)c2cc(Nc3ncc(F)c(-n4cc(C)c(CN5CC(O)CO5)c4)n3)ccc21. The highest BCUT2D eigenvalue weighted by molar-refractivity contribution is 6.10. The number of fused-ring (bicyclic) bond motifs is 1. The van der Waals surface area contributed by atoms with Crippen molar-refractivity contribution in [3.63, 3.8) is 0 Å². The Balaban J connectivity index is 1.27. The van der Waals surface area contributed by atoms with Crippen molar-refractivity contribution < 1.29 is 19.1 Å². The number of nitrogens with zero attached hydrogens (tertiary/aromatic N) is 5. The molecule has 4 aromatic rings. The number of carbonyl (C=O) groups is 1. The van der Waals surface area contributed by atoms with Gasteiger partial charge in [-0.25, -0.2) is 9.37 Å². The van der Waals surface area contributed by atoms with Crippen LogP contribution in [-0.2, 0) is 17.9 Å². The summed E-state index contributed by atoms with van der Waals surface area (Å²) in [6, 6.07) is 5.83. The molecule has 0 bridgehead atoms. The van der Waals surface area contributed by atoms with E-state index < -0.39 is 11.9 Å². The number of aliphatic hydroxyl groups is 1. The van der Waals surface area contributed by atoms with E-state index in [2.05, 4.69) is 26.8 Å². The quantitative estimate of drug-likeness (QED) is 0.348. The maximum absolute atomic E-state index is 14.8. The van der Waals surface area contributed by atoms with Crippen LogP contribution in [0.15, 0.2) is 43.0 Å². The topological polar surface area (TPSA) is 97.4 Å². The summed E-state index contributed by atoms with van der Waals surface area (Å²) in [5.41, 5.74) is 4.37. The van der Waals surface area contributed by atoms with Crippen molar-refractivity contribution in [2.24, 2.45) is 5.92 Å². The van der Waals surface area contributed by atoms with Crippen LogP contribution in [0.5, 0.6) is 0 Å². The molecule has 1 atom stereocenters. The standard InChI is InChI=1S/C27H29FN6O3/c1-3-32-14-22(25(36)17-4-5-17)21-8-19(6-7-24(21)32)30-27-29-9-23(28)26(31-27)33-10-16(2)18(11-33)12-34-13-20(35)15-37-34/h6-11,14,17,20,35H,3-5,12-13,15H2,1-2H3,(H,29,30,31). The van der Waals surface area contributed by atoms with Crippen molar-refractivity contribution >= 4 is 28.3 Å². The van der Waals surface area contributed by atoms with Crippen LogP contribution in [0.2, 0.25) is 0 Å². The molecule has 1 aliphatic heterocycles. The summed E-state index contributed by atoms with van der Waals surface area (Å²) in [6.45, 7) is 5.96. The van der Waals surface area contributed by atoms with Crippen LogP contribution in [0, 0.1) is 18.7 Å². The van der Waals surface area contributed by atoms with E-state index in [1.165, 1.54) is 0 Å². The van der Waals surface area contributed by atoms with Gasteiger partial charge in [0.15, 0.2) is 17.4 Å². The Morgan fingerprint density at radius 2 is 2.11 bits per heavy atom. The molecular formula is C27H29FN6O3. The number of halogens is 1. The van der Waals surface area contributed by atoms with Gasteiger partial charge in [-0.05, 0) is 56.0 Å². The number of hydroxylamine groups is 2. The first-order chi connectivity index (χ1) is 17.9. The molecule has 1 saturated carbocycles. The molecule has 2 fully saturated rings. The number of rotatable bonds is 8. The van der Waals surface area contributed by atoms with Gasteiger partial charge in [0, 0.05) is 53.2 Å². The fourth-order valence-electron chi connectivity index (χ4n) is 4.85. The average Bonchev–Trinajstić information content (AvgIpc) is 3.43. The predicted molar refractivity (Wildman–Crippen MR) is 136 cm³/mol. The second kappa shape index (κ2) is 9.37. The summed E-state index contributed by atoms with van der Waals surface area (Å²) in [4.78, 5) is 26.9. The summed E-state index contributed by atoms with van der Waals surface area (Å²) >= 11 is 0. The molecule has 4 heterocycles. The number of ketones is 1. The fraction of sp³-hybridized carbons (Fsp3) is 0.370. The van der Waals surface area contributed by atoms with Gasteiger partial charge < -0.3 is 19.6 Å². The lowest BCUT2D eigenvalue weighted by atomic mass is 10.1. The number of aromatic nitrogens is 4. The van der Waals surface area contributed by atoms with E-state index in [1.807, 2.05) is 43.7 Å². The van der Waals surface area contributed by atoms with Crippen LogP contribution in [0.3, 0.4) is 0 Å². The van der Waals surface area contributed by atoms with Crippen molar-refractivity contribution in [1.29, 1.82) is 0 Å². The normalized spacial score (nSPS) is 18.1. The molecular weight excluding hydrogens is 475 g/mol. The highest BCUT2D eigenvalue weighted by atomic mass is 19.1. The van der Waals surface area contributed by atoms with Gasteiger partial charge in [0.05, 0.1) is 32.0 Å². The van der Waals surface area contributed by atoms with Crippen molar-refractivity contribution in [2.45, 2.75) is 45.9 Å². The number of anilines is 2. The number of Topliss-reactive ketones (excluding diaryl/α,β-unsaturated/α-hetero) is 1. The molecule has 9 nitrogen and oxygen atoms in total. The lowest BCUT2D eigenvalue weighted by Crippen LogP contribution is -2.20. The van der Waals surface area contributed by atoms with Crippen LogP contribution >= 0.6 is 0 Å². The molecule has 3 aromatic heterocycles. The summed E-state index contributed by atoms with van der Waals surface area (Å²) in [5, 5.41) is 15.5. The van der Waals surface area contributed by atoms with Crippen LogP contribution in [0.25, 0.3) is 16.7 Å². The summed E-state index contributed by atoms with van der Waals surface area (Å²) < 4.78 is 18.5. The van der Waals surface area contributed by atoms with Gasteiger partial charge in [-0.3, -0.25) is 9.63 Å². The van der Waals surface area contributed by atoms with Crippen LogP contribution in [-0.4, -0.2) is 54.3 Å². The number of nitrogens with one attached hydrogen (secondary N) is 1. The molecule has 2 aliphatic rings. The molecule has 6 rings (SSSR count). The maximum Gasteiger partial charge on any atom is 0.229 e. The third-order valence-corrected chi connectivity index (χ3v) is 7.01. The van der Waals surface area contributed by atoms with Gasteiger partial charge in [-0.1, -0.05) is 0 Å².